The van der Waals surface area contributed by atoms with E-state index in [-0.39, 0.29) is 0 Å². The van der Waals surface area contributed by atoms with Crippen molar-refractivity contribution in [1.82, 2.24) is 5.32 Å². The summed E-state index contributed by atoms with van der Waals surface area (Å²) in [5.41, 5.74) is 0. The van der Waals surface area contributed by atoms with Gasteiger partial charge in [0.25, 0.3) is 0 Å². The Hall–Kier alpha value is -0.0400. The first-order chi connectivity index (χ1) is 7.20. The van der Waals surface area contributed by atoms with Crippen molar-refractivity contribution < 1.29 is 0 Å². The van der Waals surface area contributed by atoms with Crippen molar-refractivity contribution in [3.8, 4) is 0 Å². The van der Waals surface area contributed by atoms with Crippen LogP contribution in [0.2, 0.25) is 0 Å². The Morgan fingerprint density at radius 1 is 0.933 bits per heavy atom. The van der Waals surface area contributed by atoms with Crippen LogP contribution in [0.3, 0.4) is 0 Å². The monoisotopic (exact) mass is 213 g/mol. The molecule has 0 rings (SSSR count). The second kappa shape index (κ2) is 10.5. The maximum Gasteiger partial charge on any atom is 0.00103 e. The molecule has 0 aromatic carbocycles. The Bertz CT molecular complexity index is 121. The number of unbranched alkanes of at least 4 members (excludes halogenated alkanes) is 2. The fourth-order valence-corrected chi connectivity index (χ4v) is 1.99. The zero-order chi connectivity index (χ0) is 11.5. The standard InChI is InChI=1S/C14H31N/c1-5-7-10-14(6-2)11-8-9-12-15-13(3)4/h13-15H,5-12H2,1-4H3. The van der Waals surface area contributed by atoms with Crippen LogP contribution in [-0.2, 0) is 0 Å². The van der Waals surface area contributed by atoms with Crippen LogP contribution in [0.1, 0.15) is 72.6 Å². The van der Waals surface area contributed by atoms with E-state index in [2.05, 4.69) is 33.0 Å². The molecule has 0 amide bonds. The first-order valence-corrected chi connectivity index (χ1v) is 6.94. The summed E-state index contributed by atoms with van der Waals surface area (Å²) >= 11 is 0. The SMILES string of the molecule is CCCCC(CC)CCCCNC(C)C. The highest BCUT2D eigenvalue weighted by Gasteiger charge is 2.04. The zero-order valence-corrected chi connectivity index (χ0v) is 11.3. The van der Waals surface area contributed by atoms with Gasteiger partial charge in [0.15, 0.2) is 0 Å². The molecule has 0 saturated carbocycles. The summed E-state index contributed by atoms with van der Waals surface area (Å²) in [6, 6.07) is 0.645. The zero-order valence-electron chi connectivity index (χ0n) is 11.3. The second-order valence-corrected chi connectivity index (χ2v) is 5.02. The molecule has 0 spiro atoms. The molecule has 0 aliphatic heterocycles. The van der Waals surface area contributed by atoms with Gasteiger partial charge in [-0.3, -0.25) is 0 Å². The maximum absolute atomic E-state index is 3.48. The predicted octanol–water partition coefficient (Wildman–Crippen LogP) is 4.37. The van der Waals surface area contributed by atoms with Gasteiger partial charge in [-0.2, -0.15) is 0 Å². The van der Waals surface area contributed by atoms with E-state index in [1.165, 1.54) is 51.5 Å². The summed E-state index contributed by atoms with van der Waals surface area (Å²) in [5.74, 6) is 0.990. The van der Waals surface area contributed by atoms with Crippen molar-refractivity contribution in [2.24, 2.45) is 5.92 Å². The average Bonchev–Trinajstić information content (AvgIpc) is 2.21. The van der Waals surface area contributed by atoms with Crippen LogP contribution in [-0.4, -0.2) is 12.6 Å². The minimum absolute atomic E-state index is 0.645. The van der Waals surface area contributed by atoms with Gasteiger partial charge in [0.1, 0.15) is 0 Å². The Balaban J connectivity index is 3.30. The number of hydrogen-bond acceptors (Lipinski definition) is 1. The van der Waals surface area contributed by atoms with Gasteiger partial charge in [0.2, 0.25) is 0 Å². The van der Waals surface area contributed by atoms with Gasteiger partial charge in [-0.25, -0.2) is 0 Å². The highest BCUT2D eigenvalue weighted by Crippen LogP contribution is 2.18. The molecule has 0 aromatic rings. The second-order valence-electron chi connectivity index (χ2n) is 5.02. The molecule has 0 saturated heterocycles. The third-order valence-electron chi connectivity index (χ3n) is 3.14. The van der Waals surface area contributed by atoms with Gasteiger partial charge >= 0.3 is 0 Å². The van der Waals surface area contributed by atoms with Crippen LogP contribution in [0.25, 0.3) is 0 Å². The topological polar surface area (TPSA) is 12.0 Å². The summed E-state index contributed by atoms with van der Waals surface area (Å²) in [6.45, 7) is 10.3. The summed E-state index contributed by atoms with van der Waals surface area (Å²) in [7, 11) is 0. The summed E-state index contributed by atoms with van der Waals surface area (Å²) in [4.78, 5) is 0. The minimum Gasteiger partial charge on any atom is -0.315 e. The fraction of sp³-hybridized carbons (Fsp3) is 1.00. The van der Waals surface area contributed by atoms with Crippen LogP contribution in [0, 0.1) is 5.92 Å². The van der Waals surface area contributed by atoms with Crippen molar-refractivity contribution in [3.63, 3.8) is 0 Å². The number of hydrogen-bond donors (Lipinski definition) is 1. The molecule has 1 nitrogen and oxygen atoms in total. The number of rotatable bonds is 10. The van der Waals surface area contributed by atoms with Crippen molar-refractivity contribution in [2.45, 2.75) is 78.7 Å². The van der Waals surface area contributed by atoms with E-state index in [0.29, 0.717) is 6.04 Å². The Labute approximate surface area is 97.0 Å². The highest BCUT2D eigenvalue weighted by atomic mass is 14.9. The maximum atomic E-state index is 3.48. The lowest BCUT2D eigenvalue weighted by Crippen LogP contribution is -2.23. The fourth-order valence-electron chi connectivity index (χ4n) is 1.99. The molecule has 0 fully saturated rings. The van der Waals surface area contributed by atoms with Crippen LogP contribution in [0.4, 0.5) is 0 Å². The van der Waals surface area contributed by atoms with Gasteiger partial charge < -0.3 is 5.32 Å². The van der Waals surface area contributed by atoms with E-state index in [1.807, 2.05) is 0 Å². The summed E-state index contributed by atoms with van der Waals surface area (Å²) < 4.78 is 0. The lowest BCUT2D eigenvalue weighted by Gasteiger charge is -2.14. The van der Waals surface area contributed by atoms with E-state index >= 15 is 0 Å². The largest absolute Gasteiger partial charge is 0.315 e. The smallest absolute Gasteiger partial charge is 0.00103 e. The first-order valence-electron chi connectivity index (χ1n) is 6.94. The first kappa shape index (κ1) is 15.0. The molecule has 0 aliphatic carbocycles. The predicted molar refractivity (Wildman–Crippen MR) is 70.3 cm³/mol. The van der Waals surface area contributed by atoms with Gasteiger partial charge in [-0.05, 0) is 18.9 Å². The Kier molecular flexibility index (Phi) is 10.4. The lowest BCUT2D eigenvalue weighted by atomic mass is 9.93. The molecule has 1 atom stereocenters. The van der Waals surface area contributed by atoms with Crippen molar-refractivity contribution in [3.05, 3.63) is 0 Å². The third-order valence-corrected chi connectivity index (χ3v) is 3.14. The molecule has 0 heterocycles. The lowest BCUT2D eigenvalue weighted by molar-refractivity contribution is 0.400. The summed E-state index contributed by atoms with van der Waals surface area (Å²) in [6.07, 6.45) is 9.79. The van der Waals surface area contributed by atoms with Crippen LogP contribution < -0.4 is 5.32 Å². The Morgan fingerprint density at radius 2 is 1.60 bits per heavy atom. The van der Waals surface area contributed by atoms with E-state index in [1.54, 1.807) is 0 Å². The van der Waals surface area contributed by atoms with E-state index in [4.69, 9.17) is 0 Å². The molecule has 1 unspecified atom stereocenters. The van der Waals surface area contributed by atoms with Crippen molar-refractivity contribution >= 4 is 0 Å². The van der Waals surface area contributed by atoms with Crippen LogP contribution >= 0.6 is 0 Å². The molecular weight excluding hydrogens is 182 g/mol. The molecule has 0 radical (unpaired) electrons. The van der Waals surface area contributed by atoms with Gasteiger partial charge in [-0.15, -0.1) is 0 Å². The molecule has 0 bridgehead atoms. The molecule has 1 N–H and O–H groups in total. The van der Waals surface area contributed by atoms with E-state index in [9.17, 15) is 0 Å². The molecule has 0 aliphatic rings. The molecule has 15 heavy (non-hydrogen) atoms. The average molecular weight is 213 g/mol. The quantitative estimate of drug-likeness (QED) is 0.531. The molecular formula is C14H31N. The molecule has 92 valence electrons. The van der Waals surface area contributed by atoms with Gasteiger partial charge in [0.05, 0.1) is 0 Å². The van der Waals surface area contributed by atoms with Crippen molar-refractivity contribution in [2.75, 3.05) is 6.54 Å². The van der Waals surface area contributed by atoms with Crippen LogP contribution in [0.15, 0.2) is 0 Å². The number of nitrogens with one attached hydrogen (secondary N) is 1. The van der Waals surface area contributed by atoms with E-state index < -0.39 is 0 Å². The van der Waals surface area contributed by atoms with Gasteiger partial charge in [0, 0.05) is 6.04 Å². The molecule has 0 aromatic heterocycles. The van der Waals surface area contributed by atoms with Crippen molar-refractivity contribution in [1.29, 1.82) is 0 Å². The minimum atomic E-state index is 0.645. The highest BCUT2D eigenvalue weighted by molar-refractivity contribution is 4.59. The Morgan fingerprint density at radius 3 is 2.13 bits per heavy atom. The van der Waals surface area contributed by atoms with E-state index in [0.717, 1.165) is 5.92 Å². The normalized spacial score (nSPS) is 13.4. The molecule has 1 heteroatoms. The summed E-state index contributed by atoms with van der Waals surface area (Å²) in [5, 5.41) is 3.48. The van der Waals surface area contributed by atoms with Crippen LogP contribution in [0.5, 0.6) is 0 Å². The van der Waals surface area contributed by atoms with Gasteiger partial charge in [-0.1, -0.05) is 66.2 Å². The third kappa shape index (κ3) is 10.2.